The molecule has 0 atom stereocenters. The first-order chi connectivity index (χ1) is 16.2. The van der Waals surface area contributed by atoms with Gasteiger partial charge in [-0.15, -0.1) is 0 Å². The molecule has 0 aliphatic carbocycles. The third-order valence-electron chi connectivity index (χ3n) is 5.95. The number of hydrogen-bond donors (Lipinski definition) is 1. The summed E-state index contributed by atoms with van der Waals surface area (Å²) < 4.78 is 42.7. The van der Waals surface area contributed by atoms with E-state index in [9.17, 15) is 18.0 Å². The van der Waals surface area contributed by atoms with E-state index in [0.29, 0.717) is 23.4 Å². The average Bonchev–Trinajstić information content (AvgIpc) is 3.30. The number of aryl methyl sites for hydroxylation is 2. The van der Waals surface area contributed by atoms with Gasteiger partial charge < -0.3 is 5.32 Å². The lowest BCUT2D eigenvalue weighted by molar-refractivity contribution is -0.137. The molecule has 1 amide bonds. The Bertz CT molecular complexity index is 1520. The zero-order valence-electron chi connectivity index (χ0n) is 18.4. The van der Waals surface area contributed by atoms with Crippen LogP contribution in [-0.2, 0) is 19.8 Å². The standard InChI is InChI=1S/C25H20F3N5O/c1-15-22-20-13-17(24(34)30-14-16-9-11-29-12-10-16)3-8-21(20)33(23(22)31-32(15)2)19-6-4-18(5-7-19)25(26,27)28/h3-13H,14H2,1-2H3,(H,30,34). The number of halogens is 3. The molecule has 2 aromatic carbocycles. The lowest BCUT2D eigenvalue weighted by Crippen LogP contribution is -2.22. The highest BCUT2D eigenvalue weighted by atomic mass is 19.4. The van der Waals surface area contributed by atoms with Gasteiger partial charge in [-0.3, -0.25) is 19.0 Å². The molecule has 9 heteroatoms. The van der Waals surface area contributed by atoms with Crippen LogP contribution in [0.4, 0.5) is 13.2 Å². The molecule has 3 heterocycles. The summed E-state index contributed by atoms with van der Waals surface area (Å²) in [7, 11) is 1.81. The maximum atomic E-state index is 13.1. The normalized spacial score (nSPS) is 11.9. The van der Waals surface area contributed by atoms with Crippen LogP contribution in [0.5, 0.6) is 0 Å². The molecule has 0 radical (unpaired) electrons. The van der Waals surface area contributed by atoms with E-state index in [1.807, 2.05) is 30.7 Å². The summed E-state index contributed by atoms with van der Waals surface area (Å²) in [6.07, 6.45) is -1.08. The van der Waals surface area contributed by atoms with Crippen molar-refractivity contribution in [2.75, 3.05) is 0 Å². The number of rotatable bonds is 4. The molecule has 0 saturated carbocycles. The quantitative estimate of drug-likeness (QED) is 0.400. The van der Waals surface area contributed by atoms with Gasteiger partial charge in [-0.2, -0.15) is 18.3 Å². The minimum absolute atomic E-state index is 0.226. The van der Waals surface area contributed by atoms with E-state index in [1.165, 1.54) is 12.1 Å². The van der Waals surface area contributed by atoms with Gasteiger partial charge in [0, 0.05) is 53.7 Å². The lowest BCUT2D eigenvalue weighted by atomic mass is 10.1. The van der Waals surface area contributed by atoms with Gasteiger partial charge >= 0.3 is 6.18 Å². The maximum Gasteiger partial charge on any atom is 0.416 e. The molecule has 6 nitrogen and oxygen atoms in total. The molecular weight excluding hydrogens is 443 g/mol. The Morgan fingerprint density at radius 2 is 1.74 bits per heavy atom. The molecule has 5 rings (SSSR count). The van der Waals surface area contributed by atoms with Crippen LogP contribution in [0, 0.1) is 6.92 Å². The Morgan fingerprint density at radius 3 is 2.41 bits per heavy atom. The fraction of sp³-hybridized carbons (Fsp3) is 0.160. The Morgan fingerprint density at radius 1 is 1.03 bits per heavy atom. The van der Waals surface area contributed by atoms with Crippen molar-refractivity contribution in [2.45, 2.75) is 19.6 Å². The largest absolute Gasteiger partial charge is 0.416 e. The first-order valence-corrected chi connectivity index (χ1v) is 10.6. The number of nitrogens with one attached hydrogen (secondary N) is 1. The van der Waals surface area contributed by atoms with E-state index in [1.54, 1.807) is 35.3 Å². The molecule has 0 aliphatic heterocycles. The number of carbonyl (C=O) groups is 1. The van der Waals surface area contributed by atoms with E-state index < -0.39 is 11.7 Å². The molecule has 5 aromatic rings. The molecule has 0 fully saturated rings. The van der Waals surface area contributed by atoms with Crippen molar-refractivity contribution in [2.24, 2.45) is 7.05 Å². The summed E-state index contributed by atoms with van der Waals surface area (Å²) in [6, 6.07) is 13.9. The van der Waals surface area contributed by atoms with Gasteiger partial charge in [0.15, 0.2) is 5.65 Å². The van der Waals surface area contributed by atoms with Crippen molar-refractivity contribution in [3.8, 4) is 5.69 Å². The van der Waals surface area contributed by atoms with Crippen LogP contribution in [0.15, 0.2) is 67.0 Å². The smallest absolute Gasteiger partial charge is 0.348 e. The Kier molecular flexibility index (Phi) is 5.11. The van der Waals surface area contributed by atoms with E-state index in [2.05, 4.69) is 15.4 Å². The molecule has 0 spiro atoms. The highest BCUT2D eigenvalue weighted by molar-refractivity contribution is 6.11. The predicted octanol–water partition coefficient (Wildman–Crippen LogP) is 5.17. The summed E-state index contributed by atoms with van der Waals surface area (Å²) in [4.78, 5) is 16.8. The second-order valence-corrected chi connectivity index (χ2v) is 8.06. The molecule has 0 saturated heterocycles. The third-order valence-corrected chi connectivity index (χ3v) is 5.95. The molecule has 0 bridgehead atoms. The van der Waals surface area contributed by atoms with Crippen molar-refractivity contribution in [1.29, 1.82) is 0 Å². The van der Waals surface area contributed by atoms with E-state index in [-0.39, 0.29) is 5.91 Å². The second kappa shape index (κ2) is 8.02. The zero-order chi connectivity index (χ0) is 24.0. The van der Waals surface area contributed by atoms with Crippen LogP contribution in [0.2, 0.25) is 0 Å². The molecule has 34 heavy (non-hydrogen) atoms. The highest BCUT2D eigenvalue weighted by Crippen LogP contribution is 2.35. The van der Waals surface area contributed by atoms with Crippen LogP contribution >= 0.6 is 0 Å². The van der Waals surface area contributed by atoms with Gasteiger partial charge in [-0.25, -0.2) is 0 Å². The number of amides is 1. The molecule has 3 aromatic heterocycles. The van der Waals surface area contributed by atoms with Crippen LogP contribution in [-0.4, -0.2) is 25.2 Å². The van der Waals surface area contributed by atoms with Crippen molar-refractivity contribution in [3.05, 3.63) is 89.4 Å². The molecule has 1 N–H and O–H groups in total. The Balaban J connectivity index is 1.59. The molecule has 172 valence electrons. The van der Waals surface area contributed by atoms with Gasteiger partial charge in [0.1, 0.15) is 0 Å². The highest BCUT2D eigenvalue weighted by Gasteiger charge is 2.30. The van der Waals surface area contributed by atoms with Crippen molar-refractivity contribution in [1.82, 2.24) is 24.6 Å². The number of carbonyl (C=O) groups excluding carboxylic acids is 1. The first kappa shape index (κ1) is 21.7. The van der Waals surface area contributed by atoms with E-state index >= 15 is 0 Å². The van der Waals surface area contributed by atoms with Gasteiger partial charge in [0.25, 0.3) is 5.91 Å². The van der Waals surface area contributed by atoms with Crippen LogP contribution in [0.3, 0.4) is 0 Å². The molecular formula is C25H20F3N5O. The maximum absolute atomic E-state index is 13.1. The van der Waals surface area contributed by atoms with Crippen LogP contribution in [0.25, 0.3) is 27.6 Å². The number of pyridine rings is 1. The average molecular weight is 463 g/mol. The number of nitrogens with zero attached hydrogens (tertiary/aromatic N) is 4. The van der Waals surface area contributed by atoms with Crippen LogP contribution in [0.1, 0.15) is 27.2 Å². The topological polar surface area (TPSA) is 64.7 Å². The summed E-state index contributed by atoms with van der Waals surface area (Å²) >= 11 is 0. The SMILES string of the molecule is Cc1c2c3cc(C(=O)NCc4ccncc4)ccc3n(-c3ccc(C(F)(F)F)cc3)c2nn1C. The number of alkyl halides is 3. The van der Waals surface area contributed by atoms with Gasteiger partial charge in [0.05, 0.1) is 11.1 Å². The minimum atomic E-state index is -4.41. The van der Waals surface area contributed by atoms with Crippen LogP contribution < -0.4 is 5.32 Å². The molecule has 0 unspecified atom stereocenters. The fourth-order valence-electron chi connectivity index (χ4n) is 4.10. The summed E-state index contributed by atoms with van der Waals surface area (Å²) in [5, 5.41) is 9.16. The van der Waals surface area contributed by atoms with Crippen molar-refractivity contribution < 1.29 is 18.0 Å². The van der Waals surface area contributed by atoms with E-state index in [4.69, 9.17) is 0 Å². The third kappa shape index (κ3) is 3.68. The van der Waals surface area contributed by atoms with Crippen molar-refractivity contribution >= 4 is 27.8 Å². The zero-order valence-corrected chi connectivity index (χ0v) is 18.4. The number of hydrogen-bond acceptors (Lipinski definition) is 3. The van der Waals surface area contributed by atoms with E-state index in [0.717, 1.165) is 39.7 Å². The summed E-state index contributed by atoms with van der Waals surface area (Å²) in [5.74, 6) is -0.226. The molecule has 0 aliphatic rings. The second-order valence-electron chi connectivity index (χ2n) is 8.06. The minimum Gasteiger partial charge on any atom is -0.348 e. The Hall–Kier alpha value is -4.14. The summed E-state index contributed by atoms with van der Waals surface area (Å²) in [6.45, 7) is 2.29. The fourth-order valence-corrected chi connectivity index (χ4v) is 4.10. The predicted molar refractivity (Wildman–Crippen MR) is 123 cm³/mol. The van der Waals surface area contributed by atoms with Gasteiger partial charge in [0.2, 0.25) is 0 Å². The number of aromatic nitrogens is 4. The van der Waals surface area contributed by atoms with Gasteiger partial charge in [-0.1, -0.05) is 0 Å². The van der Waals surface area contributed by atoms with Gasteiger partial charge in [-0.05, 0) is 67.1 Å². The first-order valence-electron chi connectivity index (χ1n) is 10.6. The number of benzene rings is 2. The Labute approximate surface area is 192 Å². The summed E-state index contributed by atoms with van der Waals surface area (Å²) in [5.41, 5.74) is 3.52. The monoisotopic (exact) mass is 463 g/mol. The van der Waals surface area contributed by atoms with Crippen molar-refractivity contribution in [3.63, 3.8) is 0 Å². The lowest BCUT2D eigenvalue weighted by Gasteiger charge is -2.10. The number of fused-ring (bicyclic) bond motifs is 3.